The zero-order valence-electron chi connectivity index (χ0n) is 8.63. The molecule has 0 aliphatic heterocycles. The molecule has 0 bridgehead atoms. The van der Waals surface area contributed by atoms with Gasteiger partial charge in [0.2, 0.25) is 0 Å². The van der Waals surface area contributed by atoms with E-state index >= 15 is 0 Å². The highest BCUT2D eigenvalue weighted by Gasteiger charge is 2.38. The summed E-state index contributed by atoms with van der Waals surface area (Å²) in [7, 11) is 0. The summed E-state index contributed by atoms with van der Waals surface area (Å²) >= 11 is 0. The Morgan fingerprint density at radius 1 is 1.44 bits per heavy atom. The summed E-state index contributed by atoms with van der Waals surface area (Å²) in [5.41, 5.74) is 0.242. The fourth-order valence-electron chi connectivity index (χ4n) is 1.44. The number of hydrogen-bond donors (Lipinski definition) is 2. The molecule has 1 rings (SSSR count). The van der Waals surface area contributed by atoms with Crippen molar-refractivity contribution >= 4 is 11.7 Å². The van der Waals surface area contributed by atoms with E-state index < -0.39 is 47.5 Å². The minimum atomic E-state index is -5.03. The number of halogens is 5. The van der Waals surface area contributed by atoms with Crippen molar-refractivity contribution in [1.82, 2.24) is 4.98 Å². The molecule has 18 heavy (non-hydrogen) atoms. The second-order valence-corrected chi connectivity index (χ2v) is 3.32. The third kappa shape index (κ3) is 2.84. The van der Waals surface area contributed by atoms with Crippen LogP contribution in [0.25, 0.3) is 0 Å². The fourth-order valence-corrected chi connectivity index (χ4v) is 1.44. The van der Waals surface area contributed by atoms with E-state index in [0.29, 0.717) is 6.20 Å². The van der Waals surface area contributed by atoms with Gasteiger partial charge in [-0.25, -0.2) is 8.78 Å². The van der Waals surface area contributed by atoms with Crippen molar-refractivity contribution in [3.05, 3.63) is 23.0 Å². The van der Waals surface area contributed by atoms with Crippen LogP contribution in [0.1, 0.15) is 23.2 Å². The molecule has 9 heteroatoms. The molecule has 3 N–H and O–H groups in total. The first-order chi connectivity index (χ1) is 8.14. The third-order valence-electron chi connectivity index (χ3n) is 2.06. The van der Waals surface area contributed by atoms with E-state index in [9.17, 15) is 26.7 Å². The first-order valence-electron chi connectivity index (χ1n) is 4.49. The van der Waals surface area contributed by atoms with Crippen molar-refractivity contribution in [2.45, 2.75) is 19.0 Å². The number of alkyl halides is 5. The Labute approximate surface area is 97.2 Å². The molecule has 0 unspecified atom stereocenters. The summed E-state index contributed by atoms with van der Waals surface area (Å²) in [5.74, 6) is -1.69. The summed E-state index contributed by atoms with van der Waals surface area (Å²) in [4.78, 5) is 13.5. The minimum absolute atomic E-state index is 0.440. The topological polar surface area (TPSA) is 76.2 Å². The van der Waals surface area contributed by atoms with Crippen LogP contribution in [0.3, 0.4) is 0 Å². The van der Waals surface area contributed by atoms with Gasteiger partial charge >= 0.3 is 12.1 Å². The van der Waals surface area contributed by atoms with E-state index in [1.165, 1.54) is 0 Å². The highest BCUT2D eigenvalue weighted by atomic mass is 19.4. The molecule has 0 radical (unpaired) electrons. The molecule has 0 saturated carbocycles. The Bertz CT molecular complexity index is 473. The number of aliphatic carboxylic acids is 1. The van der Waals surface area contributed by atoms with E-state index in [0.717, 1.165) is 0 Å². The van der Waals surface area contributed by atoms with Gasteiger partial charge in [-0.2, -0.15) is 13.2 Å². The zero-order valence-corrected chi connectivity index (χ0v) is 8.63. The maximum atomic E-state index is 12.7. The fraction of sp³-hybridized carbons (Fsp3) is 0.333. The number of pyridine rings is 1. The molecule has 1 heterocycles. The lowest BCUT2D eigenvalue weighted by Crippen LogP contribution is -2.18. The van der Waals surface area contributed by atoms with Crippen LogP contribution < -0.4 is 5.73 Å². The maximum Gasteiger partial charge on any atom is 0.418 e. The van der Waals surface area contributed by atoms with Crippen LogP contribution in [0.5, 0.6) is 0 Å². The molecule has 1 aromatic heterocycles. The van der Waals surface area contributed by atoms with E-state index in [1.807, 2.05) is 0 Å². The van der Waals surface area contributed by atoms with Gasteiger partial charge in [0.05, 0.1) is 23.9 Å². The summed E-state index contributed by atoms with van der Waals surface area (Å²) < 4.78 is 63.0. The second-order valence-electron chi connectivity index (χ2n) is 3.32. The number of carboxylic acid groups (broad SMARTS) is 1. The van der Waals surface area contributed by atoms with E-state index in [-0.39, 0.29) is 0 Å². The number of aromatic nitrogens is 1. The number of nitrogen functional groups attached to an aromatic ring is 1. The average Bonchev–Trinajstić information content (AvgIpc) is 2.13. The van der Waals surface area contributed by atoms with Gasteiger partial charge in [0.1, 0.15) is 5.69 Å². The predicted octanol–water partition coefficient (Wildman–Crippen LogP) is 2.25. The lowest BCUT2D eigenvalue weighted by molar-refractivity contribution is -0.139. The third-order valence-corrected chi connectivity index (χ3v) is 2.06. The smallest absolute Gasteiger partial charge is 0.418 e. The van der Waals surface area contributed by atoms with Crippen LogP contribution in [-0.4, -0.2) is 16.1 Å². The monoisotopic (exact) mass is 270 g/mol. The normalized spacial score (nSPS) is 11.9. The Hall–Kier alpha value is -1.93. The van der Waals surface area contributed by atoms with Crippen molar-refractivity contribution in [2.75, 3.05) is 5.73 Å². The quantitative estimate of drug-likeness (QED) is 0.826. The molecule has 4 nitrogen and oxygen atoms in total. The predicted molar refractivity (Wildman–Crippen MR) is 49.9 cm³/mol. The van der Waals surface area contributed by atoms with Crippen LogP contribution in [-0.2, 0) is 17.4 Å². The first kappa shape index (κ1) is 14.1. The molecule has 0 fully saturated rings. The van der Waals surface area contributed by atoms with Crippen LogP contribution in [0.4, 0.5) is 27.6 Å². The number of nitrogens with two attached hydrogens (primary N) is 1. The van der Waals surface area contributed by atoms with Gasteiger partial charge in [-0.3, -0.25) is 9.78 Å². The summed E-state index contributed by atoms with van der Waals surface area (Å²) in [5, 5.41) is 8.47. The molecule has 0 spiro atoms. The van der Waals surface area contributed by atoms with E-state index in [1.54, 1.807) is 0 Å². The van der Waals surface area contributed by atoms with Crippen LogP contribution in [0, 0.1) is 0 Å². The molecule has 0 saturated heterocycles. The number of rotatable bonds is 3. The number of anilines is 1. The number of carbonyl (C=O) groups is 1. The molecule has 0 atom stereocenters. The summed E-state index contributed by atoms with van der Waals surface area (Å²) in [6, 6.07) is 0. The largest absolute Gasteiger partial charge is 0.481 e. The van der Waals surface area contributed by atoms with Gasteiger partial charge in [-0.15, -0.1) is 0 Å². The van der Waals surface area contributed by atoms with Crippen LogP contribution in [0.2, 0.25) is 0 Å². The van der Waals surface area contributed by atoms with Gasteiger partial charge in [0.15, 0.2) is 0 Å². The Balaban J connectivity index is 3.55. The molecular weight excluding hydrogens is 263 g/mol. The molecule has 0 aliphatic carbocycles. The second kappa shape index (κ2) is 4.75. The van der Waals surface area contributed by atoms with E-state index in [4.69, 9.17) is 10.8 Å². The van der Waals surface area contributed by atoms with Crippen molar-refractivity contribution in [3.8, 4) is 0 Å². The van der Waals surface area contributed by atoms with Crippen molar-refractivity contribution in [1.29, 1.82) is 0 Å². The Morgan fingerprint density at radius 3 is 2.39 bits per heavy atom. The van der Waals surface area contributed by atoms with Gasteiger partial charge < -0.3 is 10.8 Å². The Morgan fingerprint density at radius 2 is 2.00 bits per heavy atom. The maximum absolute atomic E-state index is 12.7. The lowest BCUT2D eigenvalue weighted by atomic mass is 10.0. The number of carboxylic acids is 1. The molecular formula is C9H7F5N2O2. The van der Waals surface area contributed by atoms with Crippen LogP contribution in [0.15, 0.2) is 6.20 Å². The standard InChI is InChI=1S/C9H7F5N2O2/c10-8(11)7-3(1-5(17)18)6(9(12,13)14)4(15)2-16-7/h2,8H,1,15H2,(H,17,18). The van der Waals surface area contributed by atoms with E-state index in [2.05, 4.69) is 4.98 Å². The Kier molecular flexibility index (Phi) is 3.73. The first-order valence-corrected chi connectivity index (χ1v) is 4.49. The summed E-state index contributed by atoms with van der Waals surface area (Å²) in [6.45, 7) is 0. The average molecular weight is 270 g/mol. The molecule has 0 aliphatic rings. The van der Waals surface area contributed by atoms with Gasteiger partial charge in [0.25, 0.3) is 6.43 Å². The minimum Gasteiger partial charge on any atom is -0.481 e. The van der Waals surface area contributed by atoms with Gasteiger partial charge in [-0.1, -0.05) is 0 Å². The van der Waals surface area contributed by atoms with Crippen molar-refractivity contribution < 1.29 is 31.9 Å². The summed E-state index contributed by atoms with van der Waals surface area (Å²) in [6.07, 6.45) is -9.13. The van der Waals surface area contributed by atoms with Crippen molar-refractivity contribution in [2.24, 2.45) is 0 Å². The molecule has 100 valence electrons. The highest BCUT2D eigenvalue weighted by molar-refractivity contribution is 5.72. The lowest BCUT2D eigenvalue weighted by Gasteiger charge is -2.16. The van der Waals surface area contributed by atoms with Gasteiger partial charge in [-0.05, 0) is 0 Å². The molecule has 0 aromatic carbocycles. The molecule has 1 aromatic rings. The SMILES string of the molecule is Nc1cnc(C(F)F)c(CC(=O)O)c1C(F)(F)F. The number of nitrogens with zero attached hydrogens (tertiary/aromatic N) is 1. The highest BCUT2D eigenvalue weighted by Crippen LogP contribution is 2.39. The molecule has 0 amide bonds. The van der Waals surface area contributed by atoms with Crippen LogP contribution >= 0.6 is 0 Å². The van der Waals surface area contributed by atoms with Gasteiger partial charge in [0, 0.05) is 5.56 Å². The number of hydrogen-bond acceptors (Lipinski definition) is 3. The zero-order chi connectivity index (χ0) is 14.1. The van der Waals surface area contributed by atoms with Crippen molar-refractivity contribution in [3.63, 3.8) is 0 Å².